The third kappa shape index (κ3) is 6.58. The number of methoxy groups -OCH3 is 1. The molecule has 1 fully saturated rings. The number of nitrogens with zero attached hydrogens (tertiary/aromatic N) is 1. The van der Waals surface area contributed by atoms with E-state index in [1.54, 1.807) is 32.9 Å². The summed E-state index contributed by atoms with van der Waals surface area (Å²) in [5.41, 5.74) is -0.118. The Hall–Kier alpha value is -1.85. The first-order valence-electron chi connectivity index (χ1n) is 8.57. The molecule has 8 nitrogen and oxygen atoms in total. The van der Waals surface area contributed by atoms with Gasteiger partial charge in [0.05, 0.1) is 21.0 Å². The standard InChI is InChI=1S/C19H19Br2NO7S/c1-19(2,3)29-14(23)8-22-17(25)13(30-18(22)26)7-10-5-11(20)16(12(21)6-10)28-9-15(24)27-4/h5-7H,8-9H2,1-4H3. The fourth-order valence-corrected chi connectivity index (χ4v) is 4.57. The maximum absolute atomic E-state index is 12.6. The zero-order chi connectivity index (χ0) is 22.6. The van der Waals surface area contributed by atoms with Crippen molar-refractivity contribution in [2.75, 3.05) is 20.3 Å². The van der Waals surface area contributed by atoms with Crippen LogP contribution in [0.1, 0.15) is 26.3 Å². The van der Waals surface area contributed by atoms with E-state index in [1.807, 2.05) is 0 Å². The van der Waals surface area contributed by atoms with Gasteiger partial charge in [-0.15, -0.1) is 0 Å². The maximum Gasteiger partial charge on any atom is 0.343 e. The number of imide groups is 1. The lowest BCUT2D eigenvalue weighted by Crippen LogP contribution is -2.37. The highest BCUT2D eigenvalue weighted by atomic mass is 79.9. The number of esters is 2. The van der Waals surface area contributed by atoms with E-state index in [-0.39, 0.29) is 11.5 Å². The van der Waals surface area contributed by atoms with E-state index in [4.69, 9.17) is 9.47 Å². The molecule has 0 atom stereocenters. The van der Waals surface area contributed by atoms with Crippen molar-refractivity contribution < 1.29 is 33.4 Å². The quantitative estimate of drug-likeness (QED) is 0.375. The SMILES string of the molecule is COC(=O)COc1c(Br)cc(C=C2SC(=O)N(CC(=O)OC(C)(C)C)C2=O)cc1Br. The van der Waals surface area contributed by atoms with Gasteiger partial charge in [-0.1, -0.05) is 0 Å². The van der Waals surface area contributed by atoms with Gasteiger partial charge in [0.2, 0.25) is 0 Å². The molecule has 0 bridgehead atoms. The molecule has 0 saturated carbocycles. The lowest BCUT2D eigenvalue weighted by molar-refractivity contribution is -0.156. The third-order valence-electron chi connectivity index (χ3n) is 3.46. The molecule has 162 valence electrons. The fourth-order valence-electron chi connectivity index (χ4n) is 2.28. The first kappa shape index (κ1) is 24.4. The summed E-state index contributed by atoms with van der Waals surface area (Å²) in [5.74, 6) is -1.38. The van der Waals surface area contributed by atoms with Gasteiger partial charge in [0.1, 0.15) is 17.9 Å². The minimum absolute atomic E-state index is 0.172. The van der Waals surface area contributed by atoms with Crippen LogP contribution in [0.25, 0.3) is 6.08 Å². The first-order chi connectivity index (χ1) is 13.9. The van der Waals surface area contributed by atoms with Gasteiger partial charge in [0.15, 0.2) is 6.61 Å². The molecule has 0 spiro atoms. The molecule has 0 unspecified atom stereocenters. The lowest BCUT2D eigenvalue weighted by Gasteiger charge is -2.21. The summed E-state index contributed by atoms with van der Waals surface area (Å²) in [7, 11) is 1.26. The average molecular weight is 565 g/mol. The smallest absolute Gasteiger partial charge is 0.343 e. The van der Waals surface area contributed by atoms with Crippen molar-refractivity contribution in [1.29, 1.82) is 0 Å². The van der Waals surface area contributed by atoms with Gasteiger partial charge in [0.25, 0.3) is 11.1 Å². The maximum atomic E-state index is 12.6. The zero-order valence-corrected chi connectivity index (χ0v) is 20.6. The highest BCUT2D eigenvalue weighted by Gasteiger charge is 2.37. The summed E-state index contributed by atoms with van der Waals surface area (Å²) >= 11 is 7.44. The summed E-state index contributed by atoms with van der Waals surface area (Å²) < 4.78 is 16.2. The van der Waals surface area contributed by atoms with E-state index in [9.17, 15) is 19.2 Å². The van der Waals surface area contributed by atoms with Crippen LogP contribution in [-0.4, -0.2) is 53.8 Å². The summed E-state index contributed by atoms with van der Waals surface area (Å²) in [4.78, 5) is 49.0. The number of carbonyl (C=O) groups excluding carboxylic acids is 4. The second-order valence-electron chi connectivity index (χ2n) is 7.03. The van der Waals surface area contributed by atoms with Gasteiger partial charge in [-0.2, -0.15) is 0 Å². The molecule has 1 heterocycles. The number of benzene rings is 1. The summed E-state index contributed by atoms with van der Waals surface area (Å²) in [5, 5.41) is -0.548. The van der Waals surface area contributed by atoms with E-state index in [0.717, 1.165) is 16.7 Å². The van der Waals surface area contributed by atoms with Crippen LogP contribution in [0.4, 0.5) is 4.79 Å². The molecular weight excluding hydrogens is 546 g/mol. The fraction of sp³-hybridized carbons (Fsp3) is 0.368. The zero-order valence-electron chi connectivity index (χ0n) is 16.6. The van der Waals surface area contributed by atoms with E-state index < -0.39 is 35.2 Å². The molecule has 1 aromatic rings. The molecule has 30 heavy (non-hydrogen) atoms. The number of amides is 2. The highest BCUT2D eigenvalue weighted by Crippen LogP contribution is 2.37. The number of ether oxygens (including phenoxy) is 3. The first-order valence-corrected chi connectivity index (χ1v) is 11.0. The third-order valence-corrected chi connectivity index (χ3v) is 5.55. The number of hydrogen-bond acceptors (Lipinski definition) is 8. The topological polar surface area (TPSA) is 99.2 Å². The Morgan fingerprint density at radius 1 is 1.13 bits per heavy atom. The predicted octanol–water partition coefficient (Wildman–Crippen LogP) is 4.14. The van der Waals surface area contributed by atoms with Crippen LogP contribution in [-0.2, 0) is 23.9 Å². The molecule has 1 aliphatic heterocycles. The van der Waals surface area contributed by atoms with Crippen LogP contribution in [0.5, 0.6) is 5.75 Å². The molecule has 11 heteroatoms. The van der Waals surface area contributed by atoms with Gasteiger partial charge in [-0.25, -0.2) is 4.79 Å². The van der Waals surface area contributed by atoms with Crippen LogP contribution >= 0.6 is 43.6 Å². The normalized spacial score (nSPS) is 15.5. The van der Waals surface area contributed by atoms with Gasteiger partial charge < -0.3 is 14.2 Å². The van der Waals surface area contributed by atoms with E-state index in [2.05, 4.69) is 36.6 Å². The molecule has 2 rings (SSSR count). The molecule has 2 amide bonds. The molecule has 0 aromatic heterocycles. The Morgan fingerprint density at radius 2 is 1.73 bits per heavy atom. The Balaban J connectivity index is 2.17. The van der Waals surface area contributed by atoms with Gasteiger partial charge >= 0.3 is 11.9 Å². The van der Waals surface area contributed by atoms with Crippen LogP contribution in [0, 0.1) is 0 Å². The van der Waals surface area contributed by atoms with Crippen LogP contribution in [0.2, 0.25) is 0 Å². The second-order valence-corrected chi connectivity index (χ2v) is 9.73. The Kier molecular flexibility index (Phi) is 8.12. The molecule has 1 saturated heterocycles. The summed E-state index contributed by atoms with van der Waals surface area (Å²) in [6.45, 7) is 4.39. The minimum Gasteiger partial charge on any atom is -0.480 e. The van der Waals surface area contributed by atoms with Crippen LogP contribution in [0.15, 0.2) is 26.0 Å². The predicted molar refractivity (Wildman–Crippen MR) is 118 cm³/mol. The van der Waals surface area contributed by atoms with Crippen molar-refractivity contribution in [3.05, 3.63) is 31.5 Å². The molecule has 1 aromatic carbocycles. The number of carbonyl (C=O) groups is 4. The monoisotopic (exact) mass is 563 g/mol. The van der Waals surface area contributed by atoms with Gasteiger partial charge in [0, 0.05) is 0 Å². The molecule has 0 aliphatic carbocycles. The number of thioether (sulfide) groups is 1. The number of halogens is 2. The van der Waals surface area contributed by atoms with Crippen molar-refractivity contribution in [3.63, 3.8) is 0 Å². The summed E-state index contributed by atoms with van der Waals surface area (Å²) in [6, 6.07) is 3.33. The lowest BCUT2D eigenvalue weighted by atomic mass is 10.2. The van der Waals surface area contributed by atoms with Crippen molar-refractivity contribution in [3.8, 4) is 5.75 Å². The minimum atomic E-state index is -0.717. The van der Waals surface area contributed by atoms with Crippen LogP contribution in [0.3, 0.4) is 0 Å². The van der Waals surface area contributed by atoms with Gasteiger partial charge in [-0.3, -0.25) is 19.3 Å². The Labute approximate surface area is 194 Å². The number of rotatable bonds is 6. The Bertz CT molecular complexity index is 901. The molecule has 0 radical (unpaired) electrons. The van der Waals surface area contributed by atoms with E-state index in [1.165, 1.54) is 13.2 Å². The molecule has 0 N–H and O–H groups in total. The second kappa shape index (κ2) is 9.97. The molecule has 1 aliphatic rings. The van der Waals surface area contributed by atoms with E-state index >= 15 is 0 Å². The van der Waals surface area contributed by atoms with Crippen molar-refractivity contribution in [2.24, 2.45) is 0 Å². The number of hydrogen-bond donors (Lipinski definition) is 0. The van der Waals surface area contributed by atoms with E-state index in [0.29, 0.717) is 20.3 Å². The van der Waals surface area contributed by atoms with Crippen LogP contribution < -0.4 is 4.74 Å². The van der Waals surface area contributed by atoms with Gasteiger partial charge in [-0.05, 0) is 88.2 Å². The summed E-state index contributed by atoms with van der Waals surface area (Å²) in [6.07, 6.45) is 1.53. The highest BCUT2D eigenvalue weighted by molar-refractivity contribution is 9.11. The largest absolute Gasteiger partial charge is 0.480 e. The average Bonchev–Trinajstić information content (AvgIpc) is 2.86. The molecular formula is C19H19Br2NO7S. The van der Waals surface area contributed by atoms with Crippen molar-refractivity contribution in [1.82, 2.24) is 4.90 Å². The van der Waals surface area contributed by atoms with Crippen molar-refractivity contribution in [2.45, 2.75) is 26.4 Å². The van der Waals surface area contributed by atoms with Crippen molar-refractivity contribution >= 4 is 72.8 Å². The Morgan fingerprint density at radius 3 is 2.27 bits per heavy atom.